The van der Waals surface area contributed by atoms with Gasteiger partial charge in [0.25, 0.3) is 5.91 Å². The van der Waals surface area contributed by atoms with Crippen molar-refractivity contribution in [3.63, 3.8) is 0 Å². The SMILES string of the molecule is CCOc1ccc(C(=O)NC2CCNCC2)cc1[N+](=O)[O-]. The number of hydrogen-bond acceptors (Lipinski definition) is 5. The molecule has 0 saturated carbocycles. The zero-order valence-corrected chi connectivity index (χ0v) is 11.9. The number of amides is 1. The Labute approximate surface area is 122 Å². The summed E-state index contributed by atoms with van der Waals surface area (Å²) in [5.74, 6) is -0.103. The summed E-state index contributed by atoms with van der Waals surface area (Å²) in [7, 11) is 0. The Morgan fingerprint density at radius 1 is 1.48 bits per heavy atom. The summed E-state index contributed by atoms with van der Waals surface area (Å²) in [5.41, 5.74) is 0.0958. The second kappa shape index (κ2) is 7.03. The van der Waals surface area contributed by atoms with Crippen LogP contribution in [-0.4, -0.2) is 36.6 Å². The molecule has 0 aliphatic carbocycles. The molecule has 0 spiro atoms. The van der Waals surface area contributed by atoms with Gasteiger partial charge in [-0.05, 0) is 45.0 Å². The molecule has 7 nitrogen and oxygen atoms in total. The predicted molar refractivity (Wildman–Crippen MR) is 77.6 cm³/mol. The summed E-state index contributed by atoms with van der Waals surface area (Å²) in [6.07, 6.45) is 1.73. The number of piperidine rings is 1. The number of rotatable bonds is 5. The van der Waals surface area contributed by atoms with Crippen molar-refractivity contribution in [2.75, 3.05) is 19.7 Å². The van der Waals surface area contributed by atoms with Gasteiger partial charge >= 0.3 is 5.69 Å². The van der Waals surface area contributed by atoms with Crippen LogP contribution in [0.4, 0.5) is 5.69 Å². The molecule has 2 N–H and O–H groups in total. The van der Waals surface area contributed by atoms with E-state index in [-0.39, 0.29) is 28.9 Å². The van der Waals surface area contributed by atoms with Crippen LogP contribution in [0.15, 0.2) is 18.2 Å². The molecule has 0 aromatic heterocycles. The highest BCUT2D eigenvalue weighted by atomic mass is 16.6. The molecule has 0 radical (unpaired) electrons. The van der Waals surface area contributed by atoms with Crippen molar-refractivity contribution in [1.82, 2.24) is 10.6 Å². The van der Waals surface area contributed by atoms with Gasteiger partial charge in [0.15, 0.2) is 5.75 Å². The highest BCUT2D eigenvalue weighted by molar-refractivity contribution is 5.95. The summed E-state index contributed by atoms with van der Waals surface area (Å²) in [4.78, 5) is 22.7. The minimum absolute atomic E-state index is 0.115. The predicted octanol–water partition coefficient (Wildman–Crippen LogP) is 1.48. The normalized spacial score (nSPS) is 15.5. The summed E-state index contributed by atoms with van der Waals surface area (Å²) < 4.78 is 5.20. The number of hydrogen-bond donors (Lipinski definition) is 2. The molecule has 1 amide bonds. The van der Waals surface area contributed by atoms with Gasteiger partial charge < -0.3 is 15.4 Å². The van der Waals surface area contributed by atoms with Crippen molar-refractivity contribution in [3.8, 4) is 5.75 Å². The molecule has 21 heavy (non-hydrogen) atoms. The molecule has 0 bridgehead atoms. The van der Waals surface area contributed by atoms with Gasteiger partial charge in [0.05, 0.1) is 11.5 Å². The lowest BCUT2D eigenvalue weighted by molar-refractivity contribution is -0.385. The van der Waals surface area contributed by atoms with E-state index in [1.807, 2.05) is 0 Å². The zero-order chi connectivity index (χ0) is 15.2. The first-order valence-electron chi connectivity index (χ1n) is 7.04. The maximum Gasteiger partial charge on any atom is 0.311 e. The van der Waals surface area contributed by atoms with Crippen LogP contribution in [0.3, 0.4) is 0 Å². The first-order valence-corrected chi connectivity index (χ1v) is 7.04. The Hall–Kier alpha value is -2.15. The van der Waals surface area contributed by atoms with Crippen molar-refractivity contribution in [3.05, 3.63) is 33.9 Å². The number of carbonyl (C=O) groups excluding carboxylic acids is 1. The lowest BCUT2D eigenvalue weighted by Crippen LogP contribution is -2.42. The van der Waals surface area contributed by atoms with Gasteiger partial charge in [-0.25, -0.2) is 0 Å². The van der Waals surface area contributed by atoms with E-state index in [0.717, 1.165) is 25.9 Å². The van der Waals surface area contributed by atoms with Gasteiger partial charge in [0.1, 0.15) is 0 Å². The van der Waals surface area contributed by atoms with Crippen molar-refractivity contribution in [2.24, 2.45) is 0 Å². The average molecular weight is 293 g/mol. The third-order valence-corrected chi connectivity index (χ3v) is 3.39. The van der Waals surface area contributed by atoms with Crippen molar-refractivity contribution in [2.45, 2.75) is 25.8 Å². The van der Waals surface area contributed by atoms with E-state index in [0.29, 0.717) is 6.61 Å². The highest BCUT2D eigenvalue weighted by Gasteiger charge is 2.21. The molecule has 2 rings (SSSR count). The van der Waals surface area contributed by atoms with E-state index in [9.17, 15) is 14.9 Å². The highest BCUT2D eigenvalue weighted by Crippen LogP contribution is 2.28. The summed E-state index contributed by atoms with van der Waals surface area (Å²) in [5, 5.41) is 17.2. The van der Waals surface area contributed by atoms with E-state index >= 15 is 0 Å². The Morgan fingerprint density at radius 2 is 2.19 bits per heavy atom. The molecule has 1 aromatic carbocycles. The zero-order valence-electron chi connectivity index (χ0n) is 11.9. The Bertz CT molecular complexity index is 527. The Kier molecular flexibility index (Phi) is 5.10. The van der Waals surface area contributed by atoms with Gasteiger partial charge in [0, 0.05) is 17.7 Å². The maximum atomic E-state index is 12.2. The van der Waals surface area contributed by atoms with Crippen molar-refractivity contribution in [1.29, 1.82) is 0 Å². The largest absolute Gasteiger partial charge is 0.487 e. The molecule has 1 aliphatic rings. The van der Waals surface area contributed by atoms with Gasteiger partial charge in [-0.15, -0.1) is 0 Å². The van der Waals surface area contributed by atoms with E-state index < -0.39 is 4.92 Å². The molecule has 1 aliphatic heterocycles. The quantitative estimate of drug-likeness (QED) is 0.633. The molecule has 1 saturated heterocycles. The standard InChI is InChI=1S/C14H19N3O4/c1-2-21-13-4-3-10(9-12(13)17(19)20)14(18)16-11-5-7-15-8-6-11/h3-4,9,11,15H,2,5-8H2,1H3,(H,16,18). The first-order chi connectivity index (χ1) is 10.1. The summed E-state index contributed by atoms with van der Waals surface area (Å²) >= 11 is 0. The van der Waals surface area contributed by atoms with E-state index in [4.69, 9.17) is 4.74 Å². The van der Waals surface area contributed by atoms with Crippen LogP contribution in [-0.2, 0) is 0 Å². The summed E-state index contributed by atoms with van der Waals surface area (Å²) in [6.45, 7) is 3.83. The van der Waals surface area contributed by atoms with Crippen LogP contribution in [0.5, 0.6) is 5.75 Å². The average Bonchev–Trinajstić information content (AvgIpc) is 2.48. The minimum Gasteiger partial charge on any atom is -0.487 e. The molecule has 1 aromatic rings. The second-order valence-corrected chi connectivity index (χ2v) is 4.87. The van der Waals surface area contributed by atoms with Gasteiger partial charge in [-0.2, -0.15) is 0 Å². The molecule has 0 atom stereocenters. The van der Waals surface area contributed by atoms with Crippen LogP contribution in [0.2, 0.25) is 0 Å². The smallest absolute Gasteiger partial charge is 0.311 e. The fourth-order valence-corrected chi connectivity index (χ4v) is 2.31. The molecule has 7 heteroatoms. The lowest BCUT2D eigenvalue weighted by Gasteiger charge is -2.23. The molecule has 1 fully saturated rings. The number of nitro groups is 1. The van der Waals surface area contributed by atoms with Crippen LogP contribution in [0, 0.1) is 10.1 Å². The number of nitro benzene ring substituents is 1. The summed E-state index contributed by atoms with van der Waals surface area (Å²) in [6, 6.07) is 4.40. The molecular formula is C14H19N3O4. The molecular weight excluding hydrogens is 274 g/mol. The topological polar surface area (TPSA) is 93.5 Å². The van der Waals surface area contributed by atoms with E-state index in [1.165, 1.54) is 12.1 Å². The number of nitrogens with one attached hydrogen (secondary N) is 2. The fourth-order valence-electron chi connectivity index (χ4n) is 2.31. The number of carbonyl (C=O) groups is 1. The van der Waals surface area contributed by atoms with E-state index in [1.54, 1.807) is 13.0 Å². The van der Waals surface area contributed by atoms with E-state index in [2.05, 4.69) is 10.6 Å². The van der Waals surface area contributed by atoms with Crippen LogP contribution in [0.1, 0.15) is 30.1 Å². The monoisotopic (exact) mass is 293 g/mol. The number of benzene rings is 1. The third kappa shape index (κ3) is 3.91. The van der Waals surface area contributed by atoms with Gasteiger partial charge in [-0.1, -0.05) is 0 Å². The minimum atomic E-state index is -0.535. The Balaban J connectivity index is 2.13. The fraction of sp³-hybridized carbons (Fsp3) is 0.500. The van der Waals surface area contributed by atoms with Crippen LogP contribution in [0.25, 0.3) is 0 Å². The van der Waals surface area contributed by atoms with Crippen LogP contribution >= 0.6 is 0 Å². The second-order valence-electron chi connectivity index (χ2n) is 4.87. The lowest BCUT2D eigenvalue weighted by atomic mass is 10.1. The van der Waals surface area contributed by atoms with Crippen LogP contribution < -0.4 is 15.4 Å². The first kappa shape index (κ1) is 15.2. The Morgan fingerprint density at radius 3 is 2.81 bits per heavy atom. The molecule has 0 unspecified atom stereocenters. The van der Waals surface area contributed by atoms with Crippen molar-refractivity contribution >= 4 is 11.6 Å². The van der Waals surface area contributed by atoms with Gasteiger partial charge in [-0.3, -0.25) is 14.9 Å². The number of ether oxygens (including phenoxy) is 1. The maximum absolute atomic E-state index is 12.2. The molecule has 1 heterocycles. The molecule has 114 valence electrons. The van der Waals surface area contributed by atoms with Crippen molar-refractivity contribution < 1.29 is 14.5 Å². The van der Waals surface area contributed by atoms with Gasteiger partial charge in [0.2, 0.25) is 0 Å². The third-order valence-electron chi connectivity index (χ3n) is 3.39. The number of nitrogens with zero attached hydrogens (tertiary/aromatic N) is 1.